The van der Waals surface area contributed by atoms with E-state index in [1.165, 1.54) is 16.1 Å². The number of unbranched alkanes of at least 4 members (excludes halogenated alkanes) is 3. The molecule has 0 spiro atoms. The predicted molar refractivity (Wildman–Crippen MR) is 140 cm³/mol. The van der Waals surface area contributed by atoms with Crippen molar-refractivity contribution in [3.63, 3.8) is 0 Å². The molecule has 34 heavy (non-hydrogen) atoms. The number of carbonyl (C=O) groups excluding carboxylic acids is 1. The molecule has 7 nitrogen and oxygen atoms in total. The van der Waals surface area contributed by atoms with Gasteiger partial charge in [0, 0.05) is 29.2 Å². The number of benzene rings is 2. The summed E-state index contributed by atoms with van der Waals surface area (Å²) in [5, 5.41) is 23.1. The summed E-state index contributed by atoms with van der Waals surface area (Å²) in [6.07, 6.45) is 3.56. The molecule has 2 rings (SSSR count). The Kier molecular flexibility index (Phi) is 14.3. The number of hydrogen-bond donors (Lipinski definition) is 3. The summed E-state index contributed by atoms with van der Waals surface area (Å²) in [6.45, 7) is 4.87. The maximum absolute atomic E-state index is 11.1. The van der Waals surface area contributed by atoms with Gasteiger partial charge in [-0.1, -0.05) is 31.0 Å². The minimum absolute atomic E-state index is 0.263. The van der Waals surface area contributed by atoms with Crippen molar-refractivity contribution in [1.82, 2.24) is 5.32 Å². The number of ether oxygens (including phenoxy) is 3. The van der Waals surface area contributed by atoms with E-state index in [4.69, 9.17) is 14.2 Å². The van der Waals surface area contributed by atoms with Crippen LogP contribution in [0.3, 0.4) is 0 Å². The molecule has 1 atom stereocenters. The van der Waals surface area contributed by atoms with Crippen LogP contribution in [0.1, 0.15) is 55.4 Å². The Morgan fingerprint density at radius 1 is 1.00 bits per heavy atom. The molecule has 0 amide bonds. The van der Waals surface area contributed by atoms with Crippen LogP contribution in [0, 0.1) is 3.57 Å². The number of hydrogen-bond acceptors (Lipinski definition) is 7. The van der Waals surface area contributed by atoms with Crippen LogP contribution in [0.4, 0.5) is 0 Å². The second kappa shape index (κ2) is 17.0. The van der Waals surface area contributed by atoms with E-state index in [0.29, 0.717) is 43.2 Å². The molecule has 0 aliphatic heterocycles. The van der Waals surface area contributed by atoms with Gasteiger partial charge in [-0.3, -0.25) is 4.79 Å². The predicted octanol–water partition coefficient (Wildman–Crippen LogP) is 4.13. The monoisotopic (exact) mass is 585 g/mol. The lowest BCUT2D eigenvalue weighted by molar-refractivity contribution is -0.131. The lowest BCUT2D eigenvalue weighted by Crippen LogP contribution is -2.22. The Balaban J connectivity index is 1.45. The molecular weight excluding hydrogens is 549 g/mol. The zero-order valence-electron chi connectivity index (χ0n) is 19.8. The second-order valence-corrected chi connectivity index (χ2v) is 9.29. The van der Waals surface area contributed by atoms with Crippen molar-refractivity contribution in [3.8, 4) is 5.75 Å². The van der Waals surface area contributed by atoms with Crippen LogP contribution < -0.4 is 10.1 Å². The van der Waals surface area contributed by atoms with Gasteiger partial charge in [0.2, 0.25) is 0 Å². The van der Waals surface area contributed by atoms with Gasteiger partial charge < -0.3 is 29.7 Å². The molecule has 0 aromatic heterocycles. The fourth-order valence-electron chi connectivity index (χ4n) is 3.34. The number of nitrogens with one attached hydrogen (secondary N) is 1. The smallest absolute Gasteiger partial charge is 0.308 e. The van der Waals surface area contributed by atoms with Crippen LogP contribution in [0.2, 0.25) is 0 Å². The number of aliphatic hydroxyl groups excluding tert-OH is 2. The molecule has 0 aliphatic rings. The summed E-state index contributed by atoms with van der Waals surface area (Å²) >= 11 is 2.29. The fraction of sp³-hybridized carbons (Fsp3) is 0.500. The minimum Gasteiger partial charge on any atom is -0.426 e. The highest BCUT2D eigenvalue weighted by atomic mass is 127. The molecule has 0 heterocycles. The minimum atomic E-state index is -0.696. The van der Waals surface area contributed by atoms with E-state index in [9.17, 15) is 15.0 Å². The van der Waals surface area contributed by atoms with Crippen molar-refractivity contribution in [2.45, 2.75) is 51.9 Å². The van der Waals surface area contributed by atoms with Crippen LogP contribution in [0.5, 0.6) is 5.75 Å². The first-order chi connectivity index (χ1) is 16.5. The molecule has 8 heteroatoms. The van der Waals surface area contributed by atoms with Crippen LogP contribution >= 0.6 is 22.6 Å². The van der Waals surface area contributed by atoms with Gasteiger partial charge in [-0.2, -0.15) is 0 Å². The van der Waals surface area contributed by atoms with Crippen LogP contribution in [0.15, 0.2) is 42.5 Å². The van der Waals surface area contributed by atoms with E-state index in [2.05, 4.69) is 52.2 Å². The third kappa shape index (κ3) is 11.7. The molecular formula is C26H36INO6. The molecule has 2 aromatic rings. The topological polar surface area (TPSA) is 97.3 Å². The molecule has 0 aliphatic carbocycles. The third-order valence-electron chi connectivity index (χ3n) is 5.18. The Morgan fingerprint density at radius 2 is 1.74 bits per heavy atom. The van der Waals surface area contributed by atoms with Crippen LogP contribution in [-0.2, 0) is 27.5 Å². The Morgan fingerprint density at radius 3 is 2.47 bits per heavy atom. The fourth-order valence-corrected chi connectivity index (χ4v) is 3.70. The highest BCUT2D eigenvalue weighted by molar-refractivity contribution is 14.1. The first-order valence-electron chi connectivity index (χ1n) is 11.7. The zero-order chi connectivity index (χ0) is 24.6. The molecule has 188 valence electrons. The molecule has 0 saturated heterocycles. The van der Waals surface area contributed by atoms with Gasteiger partial charge in [-0.15, -0.1) is 0 Å². The number of carbonyl (C=O) groups is 1. The number of halogens is 1. The van der Waals surface area contributed by atoms with Crippen molar-refractivity contribution in [2.75, 3.05) is 32.9 Å². The first kappa shape index (κ1) is 28.7. The zero-order valence-corrected chi connectivity index (χ0v) is 22.0. The van der Waals surface area contributed by atoms with Gasteiger partial charge in [-0.25, -0.2) is 0 Å². The lowest BCUT2D eigenvalue weighted by Gasteiger charge is -2.15. The largest absolute Gasteiger partial charge is 0.426 e. The summed E-state index contributed by atoms with van der Waals surface area (Å²) < 4.78 is 17.5. The van der Waals surface area contributed by atoms with Crippen molar-refractivity contribution < 1.29 is 29.2 Å². The van der Waals surface area contributed by atoms with E-state index >= 15 is 0 Å². The molecule has 3 N–H and O–H groups in total. The Labute approximate surface area is 216 Å². The summed E-state index contributed by atoms with van der Waals surface area (Å²) in [5.74, 6) is -0.128. The average molecular weight is 585 g/mol. The highest BCUT2D eigenvalue weighted by Gasteiger charge is 2.12. The first-order valence-corrected chi connectivity index (χ1v) is 12.8. The average Bonchev–Trinajstić information content (AvgIpc) is 2.83. The van der Waals surface area contributed by atoms with Gasteiger partial charge in [0.05, 0.1) is 32.5 Å². The van der Waals surface area contributed by atoms with E-state index in [0.717, 1.165) is 38.8 Å². The van der Waals surface area contributed by atoms with E-state index in [-0.39, 0.29) is 6.61 Å². The lowest BCUT2D eigenvalue weighted by atomic mass is 10.1. The van der Waals surface area contributed by atoms with Crippen molar-refractivity contribution in [2.24, 2.45) is 0 Å². The van der Waals surface area contributed by atoms with E-state index in [1.54, 1.807) is 18.2 Å². The van der Waals surface area contributed by atoms with Gasteiger partial charge in [0.1, 0.15) is 5.75 Å². The highest BCUT2D eigenvalue weighted by Crippen LogP contribution is 2.24. The molecule has 2 aromatic carbocycles. The third-order valence-corrected chi connectivity index (χ3v) is 5.90. The normalized spacial score (nSPS) is 12.0. The van der Waals surface area contributed by atoms with Crippen molar-refractivity contribution >= 4 is 28.6 Å². The van der Waals surface area contributed by atoms with Gasteiger partial charge >= 0.3 is 5.97 Å². The quantitative estimate of drug-likeness (QED) is 0.111. The Bertz CT molecular complexity index is 846. The number of aliphatic hydroxyl groups is 2. The summed E-state index contributed by atoms with van der Waals surface area (Å²) in [7, 11) is 0. The van der Waals surface area contributed by atoms with Gasteiger partial charge in [0.15, 0.2) is 0 Å². The van der Waals surface area contributed by atoms with Gasteiger partial charge in [-0.05, 0) is 77.4 Å². The summed E-state index contributed by atoms with van der Waals surface area (Å²) in [5.41, 5.74) is 2.33. The molecule has 0 unspecified atom stereocenters. The maximum atomic E-state index is 11.1. The molecule has 0 fully saturated rings. The number of rotatable bonds is 17. The summed E-state index contributed by atoms with van der Waals surface area (Å²) in [6, 6.07) is 13.3. The standard InChI is InChI=1S/C26H36INO6/c1-20(30)34-26-11-8-22(16-23(26)18-29)25(31)17-28-12-4-2-3-5-13-32-14-15-33-19-21-6-9-24(27)10-7-21/h6-11,16,25,28-29,31H,2-5,12-15,17-19H2,1H3/t25-/m0/s1. The van der Waals surface area contributed by atoms with Crippen LogP contribution in [-0.4, -0.2) is 49.1 Å². The maximum Gasteiger partial charge on any atom is 0.308 e. The van der Waals surface area contributed by atoms with E-state index in [1.807, 2.05) is 0 Å². The number of esters is 1. The second-order valence-electron chi connectivity index (χ2n) is 8.04. The molecule has 0 radical (unpaired) electrons. The SMILES string of the molecule is CC(=O)Oc1ccc([C@@H](O)CNCCCCCCOCCOCc2ccc(I)cc2)cc1CO. The van der Waals surface area contributed by atoms with E-state index < -0.39 is 12.1 Å². The van der Waals surface area contributed by atoms with Crippen molar-refractivity contribution in [1.29, 1.82) is 0 Å². The van der Waals surface area contributed by atoms with Gasteiger partial charge in [0.25, 0.3) is 0 Å². The molecule has 0 bridgehead atoms. The Hall–Kier alpha value is -1.56. The van der Waals surface area contributed by atoms with Crippen LogP contribution in [0.25, 0.3) is 0 Å². The molecule has 0 saturated carbocycles. The summed E-state index contributed by atoms with van der Waals surface area (Å²) in [4.78, 5) is 11.1. The van der Waals surface area contributed by atoms with Crippen molar-refractivity contribution in [3.05, 3.63) is 62.7 Å².